The summed E-state index contributed by atoms with van der Waals surface area (Å²) >= 11 is 3.38. The highest BCUT2D eigenvalue weighted by molar-refractivity contribution is 9.10. The van der Waals surface area contributed by atoms with Gasteiger partial charge in [-0.05, 0) is 31.2 Å². The molecule has 2 aromatic rings. The van der Waals surface area contributed by atoms with Crippen molar-refractivity contribution in [3.05, 3.63) is 52.6 Å². The fourth-order valence-corrected chi connectivity index (χ4v) is 4.72. The average molecular weight is 398 g/mol. The van der Waals surface area contributed by atoms with E-state index < -0.39 is 13.3 Å². The SMILES string of the molecule is CCOP(=O)(c1ccccc1)c1cc(Br)cc(COC(C)=O)n1. The van der Waals surface area contributed by atoms with E-state index in [-0.39, 0.29) is 6.61 Å². The largest absolute Gasteiger partial charge is 0.459 e. The highest BCUT2D eigenvalue weighted by atomic mass is 79.9. The Morgan fingerprint density at radius 3 is 2.57 bits per heavy atom. The minimum absolute atomic E-state index is 0.0166. The van der Waals surface area contributed by atoms with Gasteiger partial charge in [0, 0.05) is 16.7 Å². The molecule has 0 spiro atoms. The molecular formula is C16H17BrNO4P. The first-order chi connectivity index (χ1) is 11.0. The van der Waals surface area contributed by atoms with Crippen LogP contribution in [-0.2, 0) is 25.2 Å². The van der Waals surface area contributed by atoms with Crippen LogP contribution in [0.2, 0.25) is 0 Å². The van der Waals surface area contributed by atoms with Gasteiger partial charge in [0.05, 0.1) is 12.3 Å². The predicted molar refractivity (Wildman–Crippen MR) is 92.3 cm³/mol. The standard InChI is InChI=1S/C16H17BrNO4P/c1-3-22-23(20,15-7-5-4-6-8-15)16-10-13(17)9-14(18-16)11-21-12(2)19/h4-10H,3,11H2,1-2H3. The molecule has 0 aliphatic rings. The number of benzene rings is 1. The Hall–Kier alpha value is -1.49. The Kier molecular flexibility index (Phi) is 6.10. The van der Waals surface area contributed by atoms with E-state index in [0.717, 1.165) is 0 Å². The summed E-state index contributed by atoms with van der Waals surface area (Å²) < 4.78 is 24.7. The Morgan fingerprint density at radius 2 is 1.96 bits per heavy atom. The lowest BCUT2D eigenvalue weighted by Crippen LogP contribution is -2.22. The number of hydrogen-bond donors (Lipinski definition) is 0. The number of ether oxygens (including phenoxy) is 1. The molecule has 1 heterocycles. The number of hydrogen-bond acceptors (Lipinski definition) is 5. The molecule has 0 radical (unpaired) electrons. The van der Waals surface area contributed by atoms with Crippen molar-refractivity contribution >= 4 is 40.0 Å². The van der Waals surface area contributed by atoms with Gasteiger partial charge < -0.3 is 9.26 Å². The number of aromatic nitrogens is 1. The summed E-state index contributed by atoms with van der Waals surface area (Å²) in [4.78, 5) is 15.3. The van der Waals surface area contributed by atoms with E-state index in [0.29, 0.717) is 27.5 Å². The van der Waals surface area contributed by atoms with Crippen LogP contribution in [0, 0.1) is 0 Å². The van der Waals surface area contributed by atoms with Gasteiger partial charge >= 0.3 is 5.97 Å². The third-order valence-corrected chi connectivity index (χ3v) is 5.85. The molecule has 1 atom stereocenters. The maximum Gasteiger partial charge on any atom is 0.303 e. The molecule has 5 nitrogen and oxygen atoms in total. The normalized spacial score (nSPS) is 13.3. The van der Waals surface area contributed by atoms with Crippen molar-refractivity contribution in [1.82, 2.24) is 4.98 Å². The van der Waals surface area contributed by atoms with Crippen molar-refractivity contribution in [2.75, 3.05) is 6.61 Å². The zero-order valence-electron chi connectivity index (χ0n) is 12.9. The second kappa shape index (κ2) is 7.86. The number of pyridine rings is 1. The molecule has 7 heteroatoms. The van der Waals surface area contributed by atoms with Gasteiger partial charge in [0.15, 0.2) is 0 Å². The number of carbonyl (C=O) groups excluding carboxylic acids is 1. The molecule has 0 saturated carbocycles. The number of rotatable bonds is 6. The zero-order valence-corrected chi connectivity index (χ0v) is 15.3. The van der Waals surface area contributed by atoms with E-state index in [1.54, 1.807) is 43.3 Å². The van der Waals surface area contributed by atoms with Crippen LogP contribution < -0.4 is 10.7 Å². The van der Waals surface area contributed by atoms with Crippen LogP contribution >= 0.6 is 23.3 Å². The highest BCUT2D eigenvalue weighted by Gasteiger charge is 2.30. The van der Waals surface area contributed by atoms with E-state index in [1.165, 1.54) is 6.92 Å². The van der Waals surface area contributed by atoms with Gasteiger partial charge in [0.2, 0.25) is 0 Å². The molecule has 0 bridgehead atoms. The monoisotopic (exact) mass is 397 g/mol. The molecule has 1 aromatic heterocycles. The smallest absolute Gasteiger partial charge is 0.303 e. The maximum atomic E-state index is 13.4. The first-order valence-electron chi connectivity index (χ1n) is 7.06. The minimum atomic E-state index is -3.31. The predicted octanol–water partition coefficient (Wildman–Crippen LogP) is 3.17. The topological polar surface area (TPSA) is 65.5 Å². The van der Waals surface area contributed by atoms with Gasteiger partial charge in [-0.3, -0.25) is 9.36 Å². The van der Waals surface area contributed by atoms with E-state index in [2.05, 4.69) is 20.9 Å². The summed E-state index contributed by atoms with van der Waals surface area (Å²) in [5, 5.41) is 0.575. The first kappa shape index (κ1) is 17.9. The third-order valence-electron chi connectivity index (χ3n) is 2.96. The molecule has 0 aliphatic carbocycles. The lowest BCUT2D eigenvalue weighted by Gasteiger charge is -2.18. The van der Waals surface area contributed by atoms with Crippen molar-refractivity contribution in [1.29, 1.82) is 0 Å². The molecule has 1 unspecified atom stereocenters. The fraction of sp³-hybridized carbons (Fsp3) is 0.250. The van der Waals surface area contributed by atoms with Gasteiger partial charge in [-0.25, -0.2) is 4.98 Å². The molecular weight excluding hydrogens is 381 g/mol. The molecule has 1 aromatic carbocycles. The second-order valence-corrected chi connectivity index (χ2v) is 7.97. The van der Waals surface area contributed by atoms with Crippen LogP contribution in [0.1, 0.15) is 19.5 Å². The van der Waals surface area contributed by atoms with E-state index in [4.69, 9.17) is 9.26 Å². The van der Waals surface area contributed by atoms with Crippen LogP contribution in [0.4, 0.5) is 0 Å². The van der Waals surface area contributed by atoms with Crippen molar-refractivity contribution in [2.24, 2.45) is 0 Å². The fourth-order valence-electron chi connectivity index (χ4n) is 2.02. The number of halogens is 1. The van der Waals surface area contributed by atoms with Crippen LogP contribution in [0.5, 0.6) is 0 Å². The number of carbonyl (C=O) groups is 1. The quantitative estimate of drug-likeness (QED) is 0.553. The summed E-state index contributed by atoms with van der Waals surface area (Å²) in [6.45, 7) is 3.42. The Balaban J connectivity index is 2.47. The molecule has 122 valence electrons. The average Bonchev–Trinajstić information content (AvgIpc) is 2.53. The van der Waals surface area contributed by atoms with Crippen molar-refractivity contribution in [3.63, 3.8) is 0 Å². The minimum Gasteiger partial charge on any atom is -0.459 e. The highest BCUT2D eigenvalue weighted by Crippen LogP contribution is 2.44. The molecule has 0 fully saturated rings. The first-order valence-corrected chi connectivity index (χ1v) is 9.48. The summed E-state index contributed by atoms with van der Waals surface area (Å²) in [7, 11) is -3.31. The second-order valence-electron chi connectivity index (χ2n) is 4.72. The van der Waals surface area contributed by atoms with Crippen molar-refractivity contribution in [3.8, 4) is 0 Å². The molecule has 23 heavy (non-hydrogen) atoms. The summed E-state index contributed by atoms with van der Waals surface area (Å²) in [5.41, 5.74) is 0.822. The van der Waals surface area contributed by atoms with E-state index >= 15 is 0 Å². The molecule has 0 saturated heterocycles. The molecule has 0 aliphatic heterocycles. The molecule has 0 N–H and O–H groups in total. The van der Waals surface area contributed by atoms with Crippen LogP contribution in [0.3, 0.4) is 0 Å². The third kappa shape index (κ3) is 4.50. The van der Waals surface area contributed by atoms with Gasteiger partial charge in [0.1, 0.15) is 12.0 Å². The molecule has 2 rings (SSSR count). The van der Waals surface area contributed by atoms with Crippen molar-refractivity contribution < 1.29 is 18.6 Å². The number of nitrogens with zero attached hydrogens (tertiary/aromatic N) is 1. The lowest BCUT2D eigenvalue weighted by molar-refractivity contribution is -0.142. The molecule has 0 amide bonds. The van der Waals surface area contributed by atoms with Gasteiger partial charge in [-0.1, -0.05) is 34.1 Å². The van der Waals surface area contributed by atoms with Crippen LogP contribution in [-0.4, -0.2) is 17.6 Å². The number of esters is 1. The van der Waals surface area contributed by atoms with Gasteiger partial charge in [-0.2, -0.15) is 0 Å². The van der Waals surface area contributed by atoms with Gasteiger partial charge in [0.25, 0.3) is 7.37 Å². The summed E-state index contributed by atoms with van der Waals surface area (Å²) in [5.74, 6) is -0.399. The Labute approximate surface area is 143 Å². The van der Waals surface area contributed by atoms with Crippen LogP contribution in [0.15, 0.2) is 46.9 Å². The van der Waals surface area contributed by atoms with Gasteiger partial charge in [-0.15, -0.1) is 0 Å². The summed E-state index contributed by atoms with van der Waals surface area (Å²) in [6.07, 6.45) is 0. The zero-order chi connectivity index (χ0) is 16.9. The summed E-state index contributed by atoms with van der Waals surface area (Å²) in [6, 6.07) is 12.3. The van der Waals surface area contributed by atoms with E-state index in [1.807, 2.05) is 6.07 Å². The maximum absolute atomic E-state index is 13.4. The van der Waals surface area contributed by atoms with Crippen LogP contribution in [0.25, 0.3) is 0 Å². The van der Waals surface area contributed by atoms with E-state index in [9.17, 15) is 9.36 Å². The lowest BCUT2D eigenvalue weighted by atomic mass is 10.4. The Morgan fingerprint density at radius 1 is 1.26 bits per heavy atom. The Bertz CT molecular complexity index is 736. The van der Waals surface area contributed by atoms with Crippen molar-refractivity contribution in [2.45, 2.75) is 20.5 Å².